The third-order valence-corrected chi connectivity index (χ3v) is 5.56. The lowest BCUT2D eigenvalue weighted by atomic mass is 10.2. The number of rotatable bonds is 3. The average molecular weight is 381 g/mol. The summed E-state index contributed by atoms with van der Waals surface area (Å²) in [6, 6.07) is 7.28. The van der Waals surface area contributed by atoms with Crippen LogP contribution in [0.1, 0.15) is 5.56 Å². The van der Waals surface area contributed by atoms with E-state index in [-0.39, 0.29) is 15.2 Å². The minimum absolute atomic E-state index is 0.0338. The maximum Gasteiger partial charge on any atom is 0.234 e. The lowest BCUT2D eigenvalue weighted by Gasteiger charge is -2.00. The van der Waals surface area contributed by atoms with Gasteiger partial charge in [0.15, 0.2) is 0 Å². The van der Waals surface area contributed by atoms with Crippen molar-refractivity contribution in [1.29, 1.82) is 0 Å². The Kier molecular flexibility index (Phi) is 3.64. The van der Waals surface area contributed by atoms with Crippen molar-refractivity contribution in [3.8, 4) is 0 Å². The molecule has 0 amide bonds. The number of hydrogen-bond donors (Lipinski definition) is 1. The Morgan fingerprint density at radius 2 is 1.88 bits per heavy atom. The number of benzene rings is 1. The maximum atomic E-state index is 12.0. The Bertz CT molecular complexity index is 622. The molecule has 2 N–H and O–H groups in total. The molecule has 0 aliphatic carbocycles. The fourth-order valence-electron chi connectivity index (χ4n) is 1.21. The van der Waals surface area contributed by atoms with Gasteiger partial charge in [-0.3, -0.25) is 0 Å². The van der Waals surface area contributed by atoms with Gasteiger partial charge in [-0.15, -0.1) is 10.2 Å². The van der Waals surface area contributed by atoms with Gasteiger partial charge in [-0.2, -0.15) is 0 Å². The number of nitrogen functional groups attached to an aromatic ring is 1. The molecule has 5 nitrogen and oxygen atoms in total. The Balaban J connectivity index is 2.26. The zero-order chi connectivity index (χ0) is 12.5. The smallest absolute Gasteiger partial charge is 0.234 e. The second-order valence-electron chi connectivity index (χ2n) is 3.29. The molecule has 0 spiro atoms. The Morgan fingerprint density at radius 3 is 2.41 bits per heavy atom. The second kappa shape index (κ2) is 4.86. The van der Waals surface area contributed by atoms with Crippen molar-refractivity contribution in [2.24, 2.45) is 0 Å². The number of nitrogens with two attached hydrogens (primary N) is 1. The van der Waals surface area contributed by atoms with Crippen LogP contribution < -0.4 is 5.73 Å². The highest BCUT2D eigenvalue weighted by molar-refractivity contribution is 14.1. The van der Waals surface area contributed by atoms with Crippen molar-refractivity contribution >= 4 is 48.9 Å². The van der Waals surface area contributed by atoms with E-state index in [0.29, 0.717) is 0 Å². The highest BCUT2D eigenvalue weighted by Crippen LogP contribution is 2.21. The van der Waals surface area contributed by atoms with Crippen LogP contribution in [0.15, 0.2) is 28.6 Å². The molecule has 0 saturated carbocycles. The van der Waals surface area contributed by atoms with E-state index in [9.17, 15) is 8.42 Å². The van der Waals surface area contributed by atoms with Crippen LogP contribution in [0.2, 0.25) is 0 Å². The Morgan fingerprint density at radius 1 is 1.24 bits per heavy atom. The van der Waals surface area contributed by atoms with E-state index in [1.165, 1.54) is 0 Å². The molecule has 0 aliphatic heterocycles. The van der Waals surface area contributed by atoms with Crippen molar-refractivity contribution in [2.75, 3.05) is 5.73 Å². The van der Waals surface area contributed by atoms with E-state index in [0.717, 1.165) is 20.5 Å². The van der Waals surface area contributed by atoms with Gasteiger partial charge in [0.05, 0.1) is 5.75 Å². The molecule has 1 aromatic heterocycles. The first-order chi connectivity index (χ1) is 7.97. The molecule has 90 valence electrons. The van der Waals surface area contributed by atoms with E-state index in [4.69, 9.17) is 5.73 Å². The summed E-state index contributed by atoms with van der Waals surface area (Å²) in [4.78, 5) is 0. The Labute approximate surface area is 116 Å². The van der Waals surface area contributed by atoms with Gasteiger partial charge in [0.2, 0.25) is 19.3 Å². The molecule has 2 aromatic rings. The van der Waals surface area contributed by atoms with E-state index >= 15 is 0 Å². The first kappa shape index (κ1) is 12.7. The summed E-state index contributed by atoms with van der Waals surface area (Å²) in [6.45, 7) is 0. The van der Waals surface area contributed by atoms with E-state index in [1.54, 1.807) is 12.1 Å². The van der Waals surface area contributed by atoms with E-state index in [1.807, 2.05) is 12.1 Å². The van der Waals surface area contributed by atoms with Gasteiger partial charge in [0.25, 0.3) is 0 Å². The van der Waals surface area contributed by atoms with Gasteiger partial charge in [0, 0.05) is 3.57 Å². The monoisotopic (exact) mass is 381 g/mol. The molecule has 0 saturated heterocycles. The first-order valence-corrected chi connectivity index (χ1v) is 8.08. The van der Waals surface area contributed by atoms with Crippen molar-refractivity contribution in [1.82, 2.24) is 10.2 Å². The standard InChI is InChI=1S/C9H8IN3O2S2/c10-7-3-1-6(2-4-7)5-17(14,15)9-13-12-8(11)16-9/h1-4H,5H2,(H2,11,12). The van der Waals surface area contributed by atoms with Gasteiger partial charge in [-0.25, -0.2) is 8.42 Å². The van der Waals surface area contributed by atoms with Crippen LogP contribution in [-0.4, -0.2) is 18.6 Å². The number of aromatic nitrogens is 2. The molecule has 8 heteroatoms. The maximum absolute atomic E-state index is 12.0. The molecule has 0 unspecified atom stereocenters. The lowest BCUT2D eigenvalue weighted by molar-refractivity contribution is 0.593. The van der Waals surface area contributed by atoms with Gasteiger partial charge in [0.1, 0.15) is 0 Å². The summed E-state index contributed by atoms with van der Waals surface area (Å²) < 4.78 is 24.9. The molecule has 17 heavy (non-hydrogen) atoms. The number of sulfone groups is 1. The van der Waals surface area contributed by atoms with Gasteiger partial charge < -0.3 is 5.73 Å². The molecule has 0 atom stereocenters. The second-order valence-corrected chi connectivity index (χ2v) is 7.71. The minimum Gasteiger partial charge on any atom is -0.374 e. The molecular formula is C9H8IN3O2S2. The van der Waals surface area contributed by atoms with E-state index < -0.39 is 9.84 Å². The summed E-state index contributed by atoms with van der Waals surface area (Å²) in [5.41, 5.74) is 6.09. The lowest BCUT2D eigenvalue weighted by Crippen LogP contribution is -2.04. The first-order valence-electron chi connectivity index (χ1n) is 4.53. The largest absolute Gasteiger partial charge is 0.374 e. The third-order valence-electron chi connectivity index (χ3n) is 1.96. The van der Waals surface area contributed by atoms with Crippen molar-refractivity contribution in [3.05, 3.63) is 33.4 Å². The molecule has 0 aliphatic rings. The minimum atomic E-state index is -3.44. The van der Waals surface area contributed by atoms with Crippen LogP contribution >= 0.6 is 33.9 Å². The predicted octanol–water partition coefficient (Wildman–Crippen LogP) is 1.70. The summed E-state index contributed by atoms with van der Waals surface area (Å²) >= 11 is 3.05. The molecule has 0 bridgehead atoms. The number of halogens is 1. The molecule has 0 fully saturated rings. The molecule has 0 radical (unpaired) electrons. The fourth-order valence-corrected chi connectivity index (χ4v) is 3.77. The zero-order valence-corrected chi connectivity index (χ0v) is 12.3. The van der Waals surface area contributed by atoms with Gasteiger partial charge in [-0.1, -0.05) is 23.5 Å². The summed E-state index contributed by atoms with van der Waals surface area (Å²) in [6.07, 6.45) is 0. The zero-order valence-electron chi connectivity index (χ0n) is 8.50. The van der Waals surface area contributed by atoms with Gasteiger partial charge in [-0.05, 0) is 40.3 Å². The van der Waals surface area contributed by atoms with E-state index in [2.05, 4.69) is 32.8 Å². The highest BCUT2D eigenvalue weighted by atomic mass is 127. The van der Waals surface area contributed by atoms with Crippen LogP contribution in [0.3, 0.4) is 0 Å². The average Bonchev–Trinajstić information content (AvgIpc) is 2.69. The predicted molar refractivity (Wildman–Crippen MR) is 74.4 cm³/mol. The SMILES string of the molecule is Nc1nnc(S(=O)(=O)Cc2ccc(I)cc2)s1. The Hall–Kier alpha value is -0.740. The summed E-state index contributed by atoms with van der Waals surface area (Å²) in [5.74, 6) is -0.0848. The molecular weight excluding hydrogens is 373 g/mol. The normalized spacial score (nSPS) is 11.6. The topological polar surface area (TPSA) is 85.9 Å². The highest BCUT2D eigenvalue weighted by Gasteiger charge is 2.20. The number of nitrogens with zero attached hydrogens (tertiary/aromatic N) is 2. The third kappa shape index (κ3) is 3.13. The van der Waals surface area contributed by atoms with Crippen LogP contribution in [-0.2, 0) is 15.6 Å². The van der Waals surface area contributed by atoms with Crippen LogP contribution in [0.4, 0.5) is 5.13 Å². The molecule has 2 rings (SSSR count). The number of hydrogen-bond acceptors (Lipinski definition) is 6. The summed E-state index contributed by atoms with van der Waals surface area (Å²) in [7, 11) is -3.44. The molecule has 1 aromatic carbocycles. The van der Waals surface area contributed by atoms with Crippen molar-refractivity contribution < 1.29 is 8.42 Å². The van der Waals surface area contributed by atoms with Crippen LogP contribution in [0.5, 0.6) is 0 Å². The van der Waals surface area contributed by atoms with Gasteiger partial charge >= 0.3 is 0 Å². The fraction of sp³-hybridized carbons (Fsp3) is 0.111. The van der Waals surface area contributed by atoms with Crippen LogP contribution in [0.25, 0.3) is 0 Å². The molecule has 1 heterocycles. The summed E-state index contributed by atoms with van der Waals surface area (Å²) in [5, 5.41) is 7.22. The number of anilines is 1. The van der Waals surface area contributed by atoms with Crippen LogP contribution in [0, 0.1) is 3.57 Å². The quantitative estimate of drug-likeness (QED) is 0.818. The van der Waals surface area contributed by atoms with Crippen molar-refractivity contribution in [3.63, 3.8) is 0 Å². The van der Waals surface area contributed by atoms with Crippen molar-refractivity contribution in [2.45, 2.75) is 10.1 Å².